The van der Waals surface area contributed by atoms with E-state index in [0.717, 1.165) is 18.1 Å². The highest BCUT2D eigenvalue weighted by Gasteiger charge is 2.13. The molecule has 1 atom stereocenters. The number of hydrogen-bond donors (Lipinski definition) is 0. The molecule has 0 N–H and O–H groups in total. The second-order valence-electron chi connectivity index (χ2n) is 3.64. The highest BCUT2D eigenvalue weighted by Crippen LogP contribution is 2.05. The van der Waals surface area contributed by atoms with Crippen LogP contribution in [0.15, 0.2) is 0 Å². The van der Waals surface area contributed by atoms with E-state index < -0.39 is 0 Å². The van der Waals surface area contributed by atoms with E-state index >= 15 is 0 Å². The third-order valence-corrected chi connectivity index (χ3v) is 2.43. The number of carbonyl (C=O) groups is 1. The lowest BCUT2D eigenvalue weighted by molar-refractivity contribution is -0.123. The van der Waals surface area contributed by atoms with Gasteiger partial charge in [0.05, 0.1) is 0 Å². The molecule has 1 aromatic heterocycles. The molecular weight excluding hydrogens is 178 g/mol. The van der Waals surface area contributed by atoms with Crippen molar-refractivity contribution in [2.24, 2.45) is 5.92 Å². The highest BCUT2D eigenvalue weighted by atomic mass is 16.1. The molecule has 0 aromatic carbocycles. The van der Waals surface area contributed by atoms with E-state index in [1.165, 1.54) is 0 Å². The Morgan fingerprint density at radius 3 is 2.57 bits per heavy atom. The number of aryl methyl sites for hydroxylation is 2. The summed E-state index contributed by atoms with van der Waals surface area (Å²) in [5.41, 5.74) is 0. The summed E-state index contributed by atoms with van der Waals surface area (Å²) < 4.78 is 1.67. The minimum Gasteiger partial charge on any atom is -0.297 e. The number of rotatable bonds is 4. The van der Waals surface area contributed by atoms with Gasteiger partial charge in [-0.05, 0) is 20.3 Å². The Morgan fingerprint density at radius 1 is 1.50 bits per heavy atom. The highest BCUT2D eigenvalue weighted by molar-refractivity contribution is 5.80. The van der Waals surface area contributed by atoms with Crippen molar-refractivity contribution in [3.8, 4) is 0 Å². The van der Waals surface area contributed by atoms with Gasteiger partial charge in [-0.15, -0.1) is 0 Å². The second-order valence-corrected chi connectivity index (χ2v) is 3.64. The number of Topliss-reactive ketones (excluding diaryl/α,β-unsaturated/α-hetero) is 1. The first-order chi connectivity index (χ1) is 6.54. The maximum Gasteiger partial charge on any atom is 0.157 e. The maximum absolute atomic E-state index is 11.6. The van der Waals surface area contributed by atoms with Gasteiger partial charge in [0.15, 0.2) is 5.78 Å². The molecular formula is C10H17N3O. The topological polar surface area (TPSA) is 47.8 Å². The lowest BCUT2D eigenvalue weighted by Crippen LogP contribution is -2.19. The van der Waals surface area contributed by atoms with Crippen LogP contribution in [0.4, 0.5) is 0 Å². The molecule has 4 heteroatoms. The Labute approximate surface area is 84.3 Å². The van der Waals surface area contributed by atoms with Crippen molar-refractivity contribution in [1.82, 2.24) is 14.8 Å². The molecule has 0 spiro atoms. The van der Waals surface area contributed by atoms with Crippen LogP contribution >= 0.6 is 0 Å². The molecule has 0 bridgehead atoms. The van der Waals surface area contributed by atoms with Crippen molar-refractivity contribution >= 4 is 5.78 Å². The van der Waals surface area contributed by atoms with Crippen LogP contribution in [0.1, 0.15) is 31.9 Å². The molecule has 1 aromatic rings. The third kappa shape index (κ3) is 2.40. The van der Waals surface area contributed by atoms with E-state index in [4.69, 9.17) is 0 Å². The van der Waals surface area contributed by atoms with Gasteiger partial charge in [0.25, 0.3) is 0 Å². The Hall–Kier alpha value is -1.19. The summed E-state index contributed by atoms with van der Waals surface area (Å²) in [7, 11) is 0. The van der Waals surface area contributed by atoms with Crippen molar-refractivity contribution < 1.29 is 4.79 Å². The molecule has 0 fully saturated rings. The first-order valence-corrected chi connectivity index (χ1v) is 4.95. The fourth-order valence-electron chi connectivity index (χ4n) is 1.24. The van der Waals surface area contributed by atoms with Crippen LogP contribution in [-0.2, 0) is 11.3 Å². The minimum atomic E-state index is 0.110. The SMILES string of the molecule is CCC(C)C(=O)Cn1nc(C)nc1C. The van der Waals surface area contributed by atoms with Crippen molar-refractivity contribution in [2.75, 3.05) is 0 Å². The van der Waals surface area contributed by atoms with Crippen molar-refractivity contribution in [3.63, 3.8) is 0 Å². The molecule has 4 nitrogen and oxygen atoms in total. The van der Waals surface area contributed by atoms with Gasteiger partial charge in [-0.2, -0.15) is 5.10 Å². The molecule has 0 radical (unpaired) electrons. The van der Waals surface area contributed by atoms with Crippen LogP contribution in [0, 0.1) is 19.8 Å². The zero-order valence-corrected chi connectivity index (χ0v) is 9.24. The fraction of sp³-hybridized carbons (Fsp3) is 0.700. The largest absolute Gasteiger partial charge is 0.297 e. The molecule has 0 aliphatic rings. The average molecular weight is 195 g/mol. The van der Waals surface area contributed by atoms with Gasteiger partial charge in [-0.25, -0.2) is 9.67 Å². The predicted octanol–water partition coefficient (Wildman–Crippen LogP) is 1.51. The first-order valence-electron chi connectivity index (χ1n) is 4.95. The lowest BCUT2D eigenvalue weighted by atomic mass is 10.0. The summed E-state index contributed by atoms with van der Waals surface area (Å²) in [4.78, 5) is 15.8. The number of hydrogen-bond acceptors (Lipinski definition) is 3. The summed E-state index contributed by atoms with van der Waals surface area (Å²) in [6.45, 7) is 8.01. The smallest absolute Gasteiger partial charge is 0.157 e. The standard InChI is InChI=1S/C10H17N3O/c1-5-7(2)10(14)6-13-9(4)11-8(3)12-13/h7H,5-6H2,1-4H3. The molecule has 1 rings (SSSR count). The van der Waals surface area contributed by atoms with Crippen LogP contribution in [0.2, 0.25) is 0 Å². The number of carbonyl (C=O) groups excluding carboxylic acids is 1. The maximum atomic E-state index is 11.6. The van der Waals surface area contributed by atoms with Gasteiger partial charge < -0.3 is 0 Å². The van der Waals surface area contributed by atoms with Crippen LogP contribution in [0.5, 0.6) is 0 Å². The Kier molecular flexibility index (Phi) is 3.38. The van der Waals surface area contributed by atoms with E-state index in [1.54, 1.807) is 4.68 Å². The van der Waals surface area contributed by atoms with Crippen molar-refractivity contribution in [2.45, 2.75) is 40.7 Å². The van der Waals surface area contributed by atoms with Crippen molar-refractivity contribution in [3.05, 3.63) is 11.6 Å². The Morgan fingerprint density at radius 2 is 2.14 bits per heavy atom. The Balaban J connectivity index is 2.69. The van der Waals surface area contributed by atoms with Crippen LogP contribution in [0.3, 0.4) is 0 Å². The molecule has 0 aliphatic heterocycles. The molecule has 1 unspecified atom stereocenters. The van der Waals surface area contributed by atoms with Gasteiger partial charge in [0, 0.05) is 5.92 Å². The summed E-state index contributed by atoms with van der Waals surface area (Å²) in [5, 5.41) is 4.15. The van der Waals surface area contributed by atoms with Crippen LogP contribution in [0.25, 0.3) is 0 Å². The second kappa shape index (κ2) is 4.35. The fourth-order valence-corrected chi connectivity index (χ4v) is 1.24. The molecule has 14 heavy (non-hydrogen) atoms. The summed E-state index contributed by atoms with van der Waals surface area (Å²) in [6.07, 6.45) is 0.881. The zero-order chi connectivity index (χ0) is 10.7. The van der Waals surface area contributed by atoms with E-state index in [9.17, 15) is 4.79 Å². The summed E-state index contributed by atoms with van der Waals surface area (Å²) >= 11 is 0. The van der Waals surface area contributed by atoms with Crippen LogP contribution in [-0.4, -0.2) is 20.5 Å². The summed E-state index contributed by atoms with van der Waals surface area (Å²) in [5.74, 6) is 1.86. The lowest BCUT2D eigenvalue weighted by Gasteiger charge is -2.07. The minimum absolute atomic E-state index is 0.110. The zero-order valence-electron chi connectivity index (χ0n) is 9.24. The van der Waals surface area contributed by atoms with E-state index in [0.29, 0.717) is 6.54 Å². The first kappa shape index (κ1) is 10.9. The van der Waals surface area contributed by atoms with Gasteiger partial charge in [-0.1, -0.05) is 13.8 Å². The summed E-state index contributed by atoms with van der Waals surface area (Å²) in [6, 6.07) is 0. The predicted molar refractivity (Wildman–Crippen MR) is 54.0 cm³/mol. The number of aromatic nitrogens is 3. The van der Waals surface area contributed by atoms with Crippen molar-refractivity contribution in [1.29, 1.82) is 0 Å². The number of nitrogens with zero attached hydrogens (tertiary/aromatic N) is 3. The molecule has 78 valence electrons. The molecule has 0 amide bonds. The molecule has 0 saturated carbocycles. The van der Waals surface area contributed by atoms with Gasteiger partial charge in [0.2, 0.25) is 0 Å². The van der Waals surface area contributed by atoms with Gasteiger partial charge in [-0.3, -0.25) is 4.79 Å². The van der Waals surface area contributed by atoms with Crippen LogP contribution < -0.4 is 0 Å². The van der Waals surface area contributed by atoms with Gasteiger partial charge in [0.1, 0.15) is 18.2 Å². The monoisotopic (exact) mass is 195 g/mol. The molecule has 0 aliphatic carbocycles. The quantitative estimate of drug-likeness (QED) is 0.731. The molecule has 1 heterocycles. The third-order valence-electron chi connectivity index (χ3n) is 2.43. The number of ketones is 1. The normalized spacial score (nSPS) is 12.9. The van der Waals surface area contributed by atoms with E-state index in [2.05, 4.69) is 10.1 Å². The van der Waals surface area contributed by atoms with E-state index in [-0.39, 0.29) is 11.7 Å². The van der Waals surface area contributed by atoms with Gasteiger partial charge >= 0.3 is 0 Å². The Bertz CT molecular complexity index is 330. The average Bonchev–Trinajstić information content (AvgIpc) is 2.44. The van der Waals surface area contributed by atoms with E-state index in [1.807, 2.05) is 27.7 Å². The molecule has 0 saturated heterocycles.